The molecule has 1 aromatic carbocycles. The predicted octanol–water partition coefficient (Wildman–Crippen LogP) is 1.60. The highest BCUT2D eigenvalue weighted by Gasteiger charge is 2.26. The molecule has 0 saturated carbocycles. The van der Waals surface area contributed by atoms with E-state index in [1.54, 1.807) is 17.0 Å². The molecule has 0 fully saturated rings. The van der Waals surface area contributed by atoms with Crippen LogP contribution in [0.2, 0.25) is 0 Å². The van der Waals surface area contributed by atoms with Gasteiger partial charge in [-0.1, -0.05) is 23.4 Å². The van der Waals surface area contributed by atoms with Gasteiger partial charge in [-0.05, 0) is 12.1 Å². The van der Waals surface area contributed by atoms with Crippen molar-refractivity contribution < 1.29 is 10.0 Å². The van der Waals surface area contributed by atoms with E-state index in [0.717, 1.165) is 5.56 Å². The summed E-state index contributed by atoms with van der Waals surface area (Å²) in [5.74, 6) is -0.245. The van der Waals surface area contributed by atoms with Crippen LogP contribution in [0.4, 0.5) is 5.69 Å². The predicted molar refractivity (Wildman–Crippen MR) is 78.1 cm³/mol. The molecule has 0 aliphatic carbocycles. The molecule has 6 nitrogen and oxygen atoms in total. The highest BCUT2D eigenvalue weighted by atomic mass is 16.4. The lowest BCUT2D eigenvalue weighted by Crippen LogP contribution is -2.38. The molecule has 1 aromatic heterocycles. The van der Waals surface area contributed by atoms with Gasteiger partial charge in [0.05, 0.1) is 11.4 Å². The molecule has 6 heteroatoms. The van der Waals surface area contributed by atoms with E-state index >= 15 is 0 Å². The number of nitrogens with zero attached hydrogens (tertiary/aromatic N) is 2. The maximum Gasteiger partial charge on any atom is 0.258 e. The van der Waals surface area contributed by atoms with E-state index in [0.29, 0.717) is 29.9 Å². The molecule has 106 valence electrons. The summed E-state index contributed by atoms with van der Waals surface area (Å²) in [5, 5.41) is 12.3. The molecule has 3 rings (SSSR count). The largest absolute Gasteiger partial charge is 0.411 e. The zero-order valence-electron chi connectivity index (χ0n) is 11.1. The van der Waals surface area contributed by atoms with Crippen molar-refractivity contribution >= 4 is 17.3 Å². The highest BCUT2D eigenvalue weighted by Crippen LogP contribution is 2.28. The van der Waals surface area contributed by atoms with E-state index in [1.165, 1.54) is 12.3 Å². The Hall–Kier alpha value is -2.89. The van der Waals surface area contributed by atoms with E-state index in [2.05, 4.69) is 10.1 Å². The Morgan fingerprint density at radius 3 is 2.86 bits per heavy atom. The Morgan fingerprint density at radius 1 is 1.29 bits per heavy atom. The SMILES string of the molecule is O=C(c1cc[nH]c(=O)c1)N1CC/C(=N/O)c2ccccc21. The van der Waals surface area contributed by atoms with Crippen LogP contribution in [0.5, 0.6) is 0 Å². The van der Waals surface area contributed by atoms with Crippen LogP contribution in [0.3, 0.4) is 0 Å². The van der Waals surface area contributed by atoms with Crippen molar-refractivity contribution in [3.05, 3.63) is 64.1 Å². The first kappa shape index (κ1) is 13.1. The van der Waals surface area contributed by atoms with Crippen LogP contribution in [0.25, 0.3) is 0 Å². The van der Waals surface area contributed by atoms with Gasteiger partial charge in [-0.15, -0.1) is 0 Å². The molecule has 0 bridgehead atoms. The minimum absolute atomic E-state index is 0.245. The van der Waals surface area contributed by atoms with E-state index in [1.807, 2.05) is 18.2 Å². The lowest BCUT2D eigenvalue weighted by molar-refractivity contribution is 0.0986. The molecular formula is C15H13N3O3. The van der Waals surface area contributed by atoms with Crippen molar-refractivity contribution in [1.29, 1.82) is 0 Å². The van der Waals surface area contributed by atoms with Gasteiger partial charge >= 0.3 is 0 Å². The maximum absolute atomic E-state index is 12.6. The van der Waals surface area contributed by atoms with Gasteiger partial charge in [0.1, 0.15) is 0 Å². The number of amides is 1. The maximum atomic E-state index is 12.6. The van der Waals surface area contributed by atoms with Gasteiger partial charge in [0.25, 0.3) is 5.91 Å². The van der Waals surface area contributed by atoms with E-state index in [4.69, 9.17) is 5.21 Å². The number of rotatable bonds is 1. The number of carbonyl (C=O) groups excluding carboxylic acids is 1. The molecule has 1 amide bonds. The molecule has 0 spiro atoms. The van der Waals surface area contributed by atoms with Gasteiger partial charge in [0.2, 0.25) is 5.56 Å². The second-order valence-corrected chi connectivity index (χ2v) is 4.71. The number of hydrogen-bond acceptors (Lipinski definition) is 4. The van der Waals surface area contributed by atoms with E-state index < -0.39 is 0 Å². The Bertz CT molecular complexity index is 779. The molecule has 0 unspecified atom stereocenters. The number of H-pyrrole nitrogens is 1. The fourth-order valence-electron chi connectivity index (χ4n) is 2.47. The first-order chi connectivity index (χ1) is 10.2. The average molecular weight is 283 g/mol. The summed E-state index contributed by atoms with van der Waals surface area (Å²) in [7, 11) is 0. The number of anilines is 1. The number of benzene rings is 1. The number of nitrogens with one attached hydrogen (secondary N) is 1. The number of fused-ring (bicyclic) bond motifs is 1. The normalized spacial score (nSPS) is 15.8. The summed E-state index contributed by atoms with van der Waals surface area (Å²) in [4.78, 5) is 28.0. The summed E-state index contributed by atoms with van der Waals surface area (Å²) in [6, 6.07) is 10.1. The Balaban J connectivity index is 2.04. The summed E-state index contributed by atoms with van der Waals surface area (Å²) < 4.78 is 0. The number of aromatic amines is 1. The third-order valence-electron chi connectivity index (χ3n) is 3.47. The molecule has 1 aliphatic heterocycles. The third kappa shape index (κ3) is 2.31. The zero-order chi connectivity index (χ0) is 14.8. The zero-order valence-corrected chi connectivity index (χ0v) is 11.1. The Morgan fingerprint density at radius 2 is 2.10 bits per heavy atom. The van der Waals surface area contributed by atoms with Crippen molar-refractivity contribution in [2.24, 2.45) is 5.16 Å². The minimum atomic E-state index is -0.316. The quantitative estimate of drug-likeness (QED) is 0.615. The molecule has 2 N–H and O–H groups in total. The summed E-state index contributed by atoms with van der Waals surface area (Å²) >= 11 is 0. The number of carbonyl (C=O) groups is 1. The fourth-order valence-corrected chi connectivity index (χ4v) is 2.47. The van der Waals surface area contributed by atoms with Crippen LogP contribution in [-0.4, -0.2) is 28.4 Å². The van der Waals surface area contributed by atoms with Crippen LogP contribution in [0, 0.1) is 0 Å². The van der Waals surface area contributed by atoms with Gasteiger partial charge in [-0.2, -0.15) is 0 Å². The smallest absolute Gasteiger partial charge is 0.258 e. The summed E-state index contributed by atoms with van der Waals surface area (Å²) in [6.07, 6.45) is 1.91. The average Bonchev–Trinajstić information content (AvgIpc) is 2.53. The molecule has 0 saturated heterocycles. The number of hydrogen-bond donors (Lipinski definition) is 2. The topological polar surface area (TPSA) is 85.8 Å². The Kier molecular flexibility index (Phi) is 3.27. The van der Waals surface area contributed by atoms with E-state index in [-0.39, 0.29) is 11.5 Å². The monoisotopic (exact) mass is 283 g/mol. The van der Waals surface area contributed by atoms with Crippen molar-refractivity contribution in [2.75, 3.05) is 11.4 Å². The molecular weight excluding hydrogens is 270 g/mol. The third-order valence-corrected chi connectivity index (χ3v) is 3.47. The second-order valence-electron chi connectivity index (χ2n) is 4.71. The number of oxime groups is 1. The number of aromatic nitrogens is 1. The van der Waals surface area contributed by atoms with Gasteiger partial charge < -0.3 is 15.1 Å². The van der Waals surface area contributed by atoms with E-state index in [9.17, 15) is 9.59 Å². The van der Waals surface area contributed by atoms with Crippen LogP contribution in [0.15, 0.2) is 52.5 Å². The second kappa shape index (κ2) is 5.24. The van der Waals surface area contributed by atoms with Crippen LogP contribution in [-0.2, 0) is 0 Å². The van der Waals surface area contributed by atoms with Gasteiger partial charge in [-0.3, -0.25) is 9.59 Å². The first-order valence-corrected chi connectivity index (χ1v) is 6.51. The van der Waals surface area contributed by atoms with Crippen LogP contribution >= 0.6 is 0 Å². The molecule has 2 aromatic rings. The fraction of sp³-hybridized carbons (Fsp3) is 0.133. The van der Waals surface area contributed by atoms with Crippen molar-refractivity contribution in [3.63, 3.8) is 0 Å². The Labute approximate surface area is 120 Å². The molecule has 0 radical (unpaired) electrons. The summed E-state index contributed by atoms with van der Waals surface area (Å²) in [6.45, 7) is 0.405. The lowest BCUT2D eigenvalue weighted by Gasteiger charge is -2.29. The van der Waals surface area contributed by atoms with Crippen molar-refractivity contribution in [1.82, 2.24) is 4.98 Å². The standard InChI is InChI=1S/C15H13N3O3/c19-14-9-10(5-7-16-14)15(20)18-8-6-12(17-21)11-3-1-2-4-13(11)18/h1-5,7,9,21H,6,8H2,(H,16,19)/b17-12-. The van der Waals surface area contributed by atoms with Gasteiger partial charge in [0, 0.05) is 36.4 Å². The lowest BCUT2D eigenvalue weighted by atomic mass is 9.99. The van der Waals surface area contributed by atoms with Gasteiger partial charge in [0.15, 0.2) is 0 Å². The molecule has 1 aliphatic rings. The van der Waals surface area contributed by atoms with Gasteiger partial charge in [-0.25, -0.2) is 0 Å². The van der Waals surface area contributed by atoms with Crippen LogP contribution < -0.4 is 10.5 Å². The van der Waals surface area contributed by atoms with Crippen molar-refractivity contribution in [2.45, 2.75) is 6.42 Å². The highest BCUT2D eigenvalue weighted by molar-refractivity contribution is 6.14. The summed E-state index contributed by atoms with van der Waals surface area (Å²) in [5.41, 5.74) is 1.98. The van der Waals surface area contributed by atoms with Crippen LogP contribution in [0.1, 0.15) is 22.3 Å². The molecule has 0 atom stereocenters. The minimum Gasteiger partial charge on any atom is -0.411 e. The number of para-hydroxylation sites is 1. The van der Waals surface area contributed by atoms with Crippen molar-refractivity contribution in [3.8, 4) is 0 Å². The molecule has 2 heterocycles. The molecule has 21 heavy (non-hydrogen) atoms. The first-order valence-electron chi connectivity index (χ1n) is 6.51. The number of pyridine rings is 1.